The smallest absolute Gasteiger partial charge is 0.172 e. The summed E-state index contributed by atoms with van der Waals surface area (Å²) in [5, 5.41) is 36.7. The van der Waals surface area contributed by atoms with Crippen molar-refractivity contribution in [3.63, 3.8) is 0 Å². The van der Waals surface area contributed by atoms with E-state index >= 15 is 9.13 Å². The van der Waals surface area contributed by atoms with Gasteiger partial charge in [0, 0.05) is 31.8 Å². The molecular formula is C104H64O2P2. The largest absolute Gasteiger partial charge is 0.309 e. The monoisotopic (exact) mass is 1410 g/mol. The van der Waals surface area contributed by atoms with Crippen LogP contribution in [-0.2, 0) is 9.13 Å². The van der Waals surface area contributed by atoms with E-state index in [9.17, 15) is 0 Å². The van der Waals surface area contributed by atoms with Crippen LogP contribution in [-0.4, -0.2) is 0 Å². The van der Waals surface area contributed by atoms with Crippen LogP contribution in [0, 0.1) is 0 Å². The van der Waals surface area contributed by atoms with E-state index in [2.05, 4.69) is 388 Å². The average Bonchev–Trinajstić information content (AvgIpc) is 0.722. The summed E-state index contributed by atoms with van der Waals surface area (Å²) < 4.78 is 34.1. The van der Waals surface area contributed by atoms with E-state index in [-0.39, 0.29) is 0 Å². The van der Waals surface area contributed by atoms with E-state index in [0.29, 0.717) is 0 Å². The fourth-order valence-corrected chi connectivity index (χ4v) is 24.0. The van der Waals surface area contributed by atoms with Crippen LogP contribution >= 0.6 is 14.3 Å². The maximum atomic E-state index is 17.1. The summed E-state index contributed by atoms with van der Waals surface area (Å²) in [6, 6.07) is 140. The zero-order chi connectivity index (χ0) is 71.3. The molecular weight excluding hydrogens is 1340 g/mol. The Bertz CT molecular complexity index is 7530. The molecule has 2 nitrogen and oxygen atoms in total. The molecule has 22 aromatic rings. The highest BCUT2D eigenvalue weighted by molar-refractivity contribution is 7.86. The van der Waals surface area contributed by atoms with Gasteiger partial charge in [-0.3, -0.25) is 0 Å². The van der Waals surface area contributed by atoms with E-state index < -0.39 is 14.3 Å². The van der Waals surface area contributed by atoms with E-state index in [1.165, 1.54) is 48.5 Å². The molecule has 108 heavy (non-hydrogen) atoms. The quantitative estimate of drug-likeness (QED) is 0.0820. The SMILES string of the molecule is O=P(c1ccc(-c2c3ccc4ccccc4c3cc3ccc4c(-c5cccc6c5ccc5c(-c7ccc(P(=O)(c8cccc9ccccc89)c8cccc9ccccc89)cc7)c7c(ccc8ccccc87)cc56)cccc4c23)cc1)(c1ccc2cc3ccccc3cc2c1)c1ccc2cc3ccccc3cc2c1. The van der Waals surface area contributed by atoms with E-state index in [1.54, 1.807) is 0 Å². The molecule has 0 radical (unpaired) electrons. The minimum atomic E-state index is -3.55. The minimum Gasteiger partial charge on any atom is -0.309 e. The molecule has 502 valence electrons. The van der Waals surface area contributed by atoms with E-state index in [1.807, 2.05) is 0 Å². The molecule has 0 fully saturated rings. The van der Waals surface area contributed by atoms with Crippen molar-refractivity contribution < 1.29 is 9.13 Å². The lowest BCUT2D eigenvalue weighted by molar-refractivity contribution is 0.592. The van der Waals surface area contributed by atoms with Gasteiger partial charge in [-0.2, -0.15) is 0 Å². The molecule has 0 aromatic heterocycles. The van der Waals surface area contributed by atoms with Crippen LogP contribution in [0.4, 0.5) is 0 Å². The number of rotatable bonds is 9. The Hall–Kier alpha value is -13.1. The second-order valence-corrected chi connectivity index (χ2v) is 34.6. The lowest BCUT2D eigenvalue weighted by Crippen LogP contribution is -2.26. The Balaban J connectivity index is 0.719. The average molecular weight is 1410 g/mol. The third kappa shape index (κ3) is 9.54. The van der Waals surface area contributed by atoms with Crippen LogP contribution in [0.5, 0.6) is 0 Å². The van der Waals surface area contributed by atoms with Crippen molar-refractivity contribution in [1.29, 1.82) is 0 Å². The normalized spacial score (nSPS) is 12.3. The molecule has 0 aliphatic rings. The lowest BCUT2D eigenvalue weighted by Gasteiger charge is -2.24. The van der Waals surface area contributed by atoms with E-state index in [4.69, 9.17) is 0 Å². The topological polar surface area (TPSA) is 34.1 Å². The second kappa shape index (κ2) is 24.2. The van der Waals surface area contributed by atoms with Crippen molar-refractivity contribution in [3.05, 3.63) is 388 Å². The van der Waals surface area contributed by atoms with Gasteiger partial charge in [-0.05, 0) is 233 Å². The highest BCUT2D eigenvalue weighted by Crippen LogP contribution is 2.52. The molecule has 0 unspecified atom stereocenters. The van der Waals surface area contributed by atoms with Crippen LogP contribution in [0.2, 0.25) is 0 Å². The van der Waals surface area contributed by atoms with Gasteiger partial charge in [0.1, 0.15) is 0 Å². The third-order valence-electron chi connectivity index (χ3n) is 23.4. The summed E-state index contributed by atoms with van der Waals surface area (Å²) in [6.07, 6.45) is 0. The Morgan fingerprint density at radius 2 is 0.472 bits per heavy atom. The third-order valence-corrected chi connectivity index (χ3v) is 29.6. The van der Waals surface area contributed by atoms with Crippen molar-refractivity contribution in [3.8, 4) is 33.4 Å². The van der Waals surface area contributed by atoms with Gasteiger partial charge in [0.25, 0.3) is 0 Å². The lowest BCUT2D eigenvalue weighted by atomic mass is 9.85. The van der Waals surface area contributed by atoms with Crippen molar-refractivity contribution in [2.24, 2.45) is 0 Å². The van der Waals surface area contributed by atoms with Gasteiger partial charge < -0.3 is 9.13 Å². The number of hydrogen-bond acceptors (Lipinski definition) is 2. The van der Waals surface area contributed by atoms with Gasteiger partial charge in [-0.1, -0.05) is 340 Å². The van der Waals surface area contributed by atoms with Crippen LogP contribution in [0.25, 0.3) is 184 Å². The minimum absolute atomic E-state index is 0.778. The molecule has 0 heterocycles. The highest BCUT2D eigenvalue weighted by Gasteiger charge is 2.35. The fourth-order valence-electron chi connectivity index (χ4n) is 18.3. The molecule has 0 aliphatic heterocycles. The molecule has 0 atom stereocenters. The number of hydrogen-bond donors (Lipinski definition) is 0. The maximum absolute atomic E-state index is 17.1. The summed E-state index contributed by atoms with van der Waals surface area (Å²) in [7, 11) is -7.06. The molecule has 22 aromatic carbocycles. The molecule has 0 saturated carbocycles. The number of benzene rings is 22. The first-order valence-electron chi connectivity index (χ1n) is 37.1. The van der Waals surface area contributed by atoms with Gasteiger partial charge in [0.2, 0.25) is 0 Å². The van der Waals surface area contributed by atoms with Crippen LogP contribution in [0.1, 0.15) is 0 Å². The van der Waals surface area contributed by atoms with Crippen molar-refractivity contribution >= 4 is 197 Å². The molecule has 0 spiro atoms. The van der Waals surface area contributed by atoms with Crippen LogP contribution < -0.4 is 31.8 Å². The summed E-state index contributed by atoms with van der Waals surface area (Å²) in [4.78, 5) is 0. The summed E-state index contributed by atoms with van der Waals surface area (Å²) in [6.45, 7) is 0. The maximum Gasteiger partial charge on any atom is 0.172 e. The Labute approximate surface area is 623 Å². The Morgan fingerprint density at radius 3 is 1.01 bits per heavy atom. The zero-order valence-corrected chi connectivity index (χ0v) is 60.5. The first-order chi connectivity index (χ1) is 53.3. The molecule has 4 heteroatoms. The molecule has 0 amide bonds. The first kappa shape index (κ1) is 62.3. The predicted molar refractivity (Wildman–Crippen MR) is 467 cm³/mol. The van der Waals surface area contributed by atoms with E-state index in [0.717, 1.165) is 168 Å². The van der Waals surface area contributed by atoms with Crippen molar-refractivity contribution in [2.45, 2.75) is 0 Å². The number of fused-ring (bicyclic) bond motifs is 18. The van der Waals surface area contributed by atoms with Gasteiger partial charge >= 0.3 is 0 Å². The standard InChI is InChI=1S/C104H64O2P2/c105-107(83-51-43-75-57-71-21-1-3-23-73(71)59-79(75)61-83,84-52-44-76-58-72-22-2-4-24-74(72)60-80(76)62-84)81-47-39-70(40-48-81)102-95-54-45-67-19-5-9-27-85(67)97(95)63-78-46-53-93-90(32-16-34-94(93)104(78)102)89-31-15-33-91-92(89)55-56-96-98(91)64-77-38-37-68-20-8-12-30-88(68)103(77)101(96)69-41-49-82(50-42-69)108(106,99-35-13-25-65-17-6-10-28-86(65)99)100-36-14-26-66-18-7-11-29-87(66)100/h1-64H. The first-order valence-corrected chi connectivity index (χ1v) is 40.5. The highest BCUT2D eigenvalue weighted by atomic mass is 31.2. The Morgan fingerprint density at radius 1 is 0.157 bits per heavy atom. The Kier molecular flexibility index (Phi) is 14.0. The molecule has 0 bridgehead atoms. The van der Waals surface area contributed by atoms with Gasteiger partial charge in [0.15, 0.2) is 14.3 Å². The van der Waals surface area contributed by atoms with Gasteiger partial charge in [0.05, 0.1) is 0 Å². The molecule has 22 rings (SSSR count). The molecule has 0 saturated heterocycles. The fraction of sp³-hybridized carbons (Fsp3) is 0. The van der Waals surface area contributed by atoms with Crippen LogP contribution in [0.15, 0.2) is 388 Å². The van der Waals surface area contributed by atoms with Crippen molar-refractivity contribution in [2.75, 3.05) is 0 Å². The van der Waals surface area contributed by atoms with Crippen LogP contribution in [0.3, 0.4) is 0 Å². The predicted octanol–water partition coefficient (Wildman–Crippen LogP) is 26.1. The zero-order valence-electron chi connectivity index (χ0n) is 58.7. The van der Waals surface area contributed by atoms with Gasteiger partial charge in [-0.25, -0.2) is 0 Å². The molecule has 0 N–H and O–H groups in total. The van der Waals surface area contributed by atoms with Crippen molar-refractivity contribution in [1.82, 2.24) is 0 Å². The molecule has 0 aliphatic carbocycles. The second-order valence-electron chi connectivity index (χ2n) is 29.2. The summed E-state index contributed by atoms with van der Waals surface area (Å²) in [5.41, 5.74) is 6.70. The van der Waals surface area contributed by atoms with Gasteiger partial charge in [-0.15, -0.1) is 0 Å². The summed E-state index contributed by atoms with van der Waals surface area (Å²) in [5.74, 6) is 0. The summed E-state index contributed by atoms with van der Waals surface area (Å²) >= 11 is 0.